The number of halogens is 1. The summed E-state index contributed by atoms with van der Waals surface area (Å²) in [5.41, 5.74) is 2.76. The molecule has 0 spiro atoms. The third-order valence-corrected chi connectivity index (χ3v) is 4.43. The third kappa shape index (κ3) is 3.89. The maximum Gasteiger partial charge on any atom is 0.311 e. The number of hydrogen-bond acceptors (Lipinski definition) is 5. The minimum Gasteiger partial charge on any atom is -0.508 e. The van der Waals surface area contributed by atoms with E-state index in [-0.39, 0.29) is 12.2 Å². The molecule has 1 aromatic heterocycles. The molecule has 0 saturated carbocycles. The molecule has 0 fully saturated rings. The molecule has 1 atom stereocenters. The van der Waals surface area contributed by atoms with E-state index >= 15 is 0 Å². The number of aryl methyl sites for hydroxylation is 1. The van der Waals surface area contributed by atoms with E-state index in [1.807, 2.05) is 18.2 Å². The quantitative estimate of drug-likeness (QED) is 0.648. The van der Waals surface area contributed by atoms with Gasteiger partial charge in [0.25, 0.3) is 0 Å². The van der Waals surface area contributed by atoms with Crippen molar-refractivity contribution >= 4 is 17.6 Å². The Hall–Kier alpha value is -2.79. The maximum atomic E-state index is 12.4. The van der Waals surface area contributed by atoms with Crippen molar-refractivity contribution in [3.8, 4) is 17.1 Å². The van der Waals surface area contributed by atoms with Gasteiger partial charge in [-0.2, -0.15) is 0 Å². The van der Waals surface area contributed by atoms with Crippen molar-refractivity contribution in [1.82, 2.24) is 5.16 Å². The highest BCUT2D eigenvalue weighted by atomic mass is 35.5. The van der Waals surface area contributed by atoms with Crippen LogP contribution in [0.5, 0.6) is 5.75 Å². The molecular weight excluding hydrogens is 354 g/mol. The Kier molecular flexibility index (Phi) is 5.28. The van der Waals surface area contributed by atoms with Crippen LogP contribution >= 0.6 is 11.6 Å². The van der Waals surface area contributed by atoms with Crippen LogP contribution in [-0.2, 0) is 16.0 Å². The average Bonchev–Trinajstić information content (AvgIpc) is 2.96. The number of carbonyl (C=O) groups is 1. The molecule has 26 heavy (non-hydrogen) atoms. The number of ether oxygens (including phenoxy) is 1. The molecule has 0 bridgehead atoms. The lowest BCUT2D eigenvalue weighted by atomic mass is 10.0. The Bertz CT molecular complexity index is 918. The lowest BCUT2D eigenvalue weighted by Gasteiger charge is -2.15. The van der Waals surface area contributed by atoms with E-state index in [0.29, 0.717) is 22.0 Å². The largest absolute Gasteiger partial charge is 0.508 e. The predicted molar refractivity (Wildman–Crippen MR) is 98.0 cm³/mol. The van der Waals surface area contributed by atoms with Crippen molar-refractivity contribution in [2.45, 2.75) is 26.4 Å². The summed E-state index contributed by atoms with van der Waals surface area (Å²) in [6.45, 7) is 3.55. The van der Waals surface area contributed by atoms with Gasteiger partial charge in [-0.25, -0.2) is 0 Å². The second kappa shape index (κ2) is 7.62. The zero-order chi connectivity index (χ0) is 18.7. The second-order valence-corrected chi connectivity index (χ2v) is 6.36. The van der Waals surface area contributed by atoms with Gasteiger partial charge in [0, 0.05) is 21.7 Å². The number of phenolic OH excluding ortho intramolecular Hbond substituents is 1. The zero-order valence-electron chi connectivity index (χ0n) is 14.4. The van der Waals surface area contributed by atoms with Gasteiger partial charge in [-0.3, -0.25) is 4.79 Å². The Balaban J connectivity index is 1.77. The average molecular weight is 372 g/mol. The van der Waals surface area contributed by atoms with Crippen molar-refractivity contribution in [1.29, 1.82) is 0 Å². The van der Waals surface area contributed by atoms with E-state index in [2.05, 4.69) is 5.16 Å². The Morgan fingerprint density at radius 2 is 1.92 bits per heavy atom. The summed E-state index contributed by atoms with van der Waals surface area (Å²) in [5.74, 6) is 0.244. The van der Waals surface area contributed by atoms with Gasteiger partial charge >= 0.3 is 5.97 Å². The fraction of sp³-hybridized carbons (Fsp3) is 0.200. The second-order valence-electron chi connectivity index (χ2n) is 5.95. The van der Waals surface area contributed by atoms with Crippen molar-refractivity contribution in [2.24, 2.45) is 0 Å². The fourth-order valence-corrected chi connectivity index (χ4v) is 2.98. The molecule has 0 unspecified atom stereocenters. The predicted octanol–water partition coefficient (Wildman–Crippen LogP) is 4.86. The minimum absolute atomic E-state index is 0.0281. The first-order valence-corrected chi connectivity index (χ1v) is 8.52. The molecule has 0 aliphatic heterocycles. The van der Waals surface area contributed by atoms with Crippen LogP contribution in [0.3, 0.4) is 0 Å². The summed E-state index contributed by atoms with van der Waals surface area (Å²) < 4.78 is 10.9. The van der Waals surface area contributed by atoms with Gasteiger partial charge in [0.05, 0.1) is 12.1 Å². The molecule has 0 amide bonds. The van der Waals surface area contributed by atoms with Crippen molar-refractivity contribution in [3.05, 3.63) is 70.4 Å². The first-order chi connectivity index (χ1) is 12.5. The van der Waals surface area contributed by atoms with Gasteiger partial charge in [0.1, 0.15) is 11.9 Å². The summed E-state index contributed by atoms with van der Waals surface area (Å²) in [6, 6.07) is 13.8. The van der Waals surface area contributed by atoms with Gasteiger partial charge in [0.15, 0.2) is 5.76 Å². The molecule has 1 N–H and O–H groups in total. The monoisotopic (exact) mass is 371 g/mol. The summed E-state index contributed by atoms with van der Waals surface area (Å²) in [6.07, 6.45) is -0.436. The van der Waals surface area contributed by atoms with Crippen LogP contribution in [0, 0.1) is 6.92 Å². The summed E-state index contributed by atoms with van der Waals surface area (Å²) in [7, 11) is 0. The Labute approximate surface area is 156 Å². The molecule has 134 valence electrons. The van der Waals surface area contributed by atoms with Crippen molar-refractivity contribution in [2.75, 3.05) is 0 Å². The Morgan fingerprint density at radius 1 is 1.23 bits per heavy atom. The smallest absolute Gasteiger partial charge is 0.311 e. The van der Waals surface area contributed by atoms with Gasteiger partial charge in [-0.15, -0.1) is 0 Å². The highest BCUT2D eigenvalue weighted by Gasteiger charge is 2.21. The van der Waals surface area contributed by atoms with Crippen LogP contribution in [0.4, 0.5) is 0 Å². The number of aromatic hydroxyl groups is 1. The van der Waals surface area contributed by atoms with E-state index in [0.717, 1.165) is 11.1 Å². The molecule has 0 saturated heterocycles. The molecule has 1 heterocycles. The topological polar surface area (TPSA) is 72.6 Å². The van der Waals surface area contributed by atoms with Crippen LogP contribution in [-0.4, -0.2) is 16.2 Å². The SMILES string of the molecule is Cc1noc(-c2ccc(O)cc2)c1CC(=O)O[C@H](C)c1ccccc1Cl. The number of rotatable bonds is 5. The number of nitrogens with zero attached hydrogens (tertiary/aromatic N) is 1. The lowest BCUT2D eigenvalue weighted by molar-refractivity contribution is -0.147. The van der Waals surface area contributed by atoms with E-state index in [4.69, 9.17) is 20.9 Å². The standard InChI is InChI=1S/C20H18ClNO4/c1-12-17(20(26-22-12)14-7-9-15(23)10-8-14)11-19(24)25-13(2)16-5-3-4-6-18(16)21/h3-10,13,23H,11H2,1-2H3/t13-/m1/s1. The summed E-state index contributed by atoms with van der Waals surface area (Å²) >= 11 is 6.15. The molecular formula is C20H18ClNO4. The molecule has 6 heteroatoms. The molecule has 0 radical (unpaired) electrons. The number of aromatic nitrogens is 1. The molecule has 3 rings (SSSR count). The molecule has 5 nitrogen and oxygen atoms in total. The van der Waals surface area contributed by atoms with Crippen LogP contribution in [0.25, 0.3) is 11.3 Å². The van der Waals surface area contributed by atoms with Crippen LogP contribution in [0.1, 0.15) is 29.8 Å². The number of esters is 1. The van der Waals surface area contributed by atoms with E-state index in [1.54, 1.807) is 44.2 Å². The highest BCUT2D eigenvalue weighted by Crippen LogP contribution is 2.29. The minimum atomic E-state index is -0.464. The number of carbonyl (C=O) groups excluding carboxylic acids is 1. The lowest BCUT2D eigenvalue weighted by Crippen LogP contribution is -2.12. The van der Waals surface area contributed by atoms with E-state index in [9.17, 15) is 9.90 Å². The summed E-state index contributed by atoms with van der Waals surface area (Å²) in [5, 5.41) is 13.9. The van der Waals surface area contributed by atoms with Gasteiger partial charge in [-0.1, -0.05) is 35.0 Å². The number of phenols is 1. The molecule has 0 aliphatic rings. The molecule has 0 aliphatic carbocycles. The first kappa shape index (κ1) is 18.0. The number of hydrogen-bond donors (Lipinski definition) is 1. The van der Waals surface area contributed by atoms with Gasteiger partial charge in [0.2, 0.25) is 0 Å². The summed E-state index contributed by atoms with van der Waals surface area (Å²) in [4.78, 5) is 12.4. The van der Waals surface area contributed by atoms with Crippen LogP contribution in [0.2, 0.25) is 5.02 Å². The number of benzene rings is 2. The van der Waals surface area contributed by atoms with Crippen molar-refractivity contribution in [3.63, 3.8) is 0 Å². The maximum absolute atomic E-state index is 12.4. The van der Waals surface area contributed by atoms with E-state index < -0.39 is 12.1 Å². The normalized spacial score (nSPS) is 12.0. The molecule has 3 aromatic rings. The van der Waals surface area contributed by atoms with E-state index in [1.165, 1.54) is 0 Å². The zero-order valence-corrected chi connectivity index (χ0v) is 15.2. The Morgan fingerprint density at radius 3 is 2.62 bits per heavy atom. The first-order valence-electron chi connectivity index (χ1n) is 8.14. The highest BCUT2D eigenvalue weighted by molar-refractivity contribution is 6.31. The fourth-order valence-electron chi connectivity index (χ4n) is 2.69. The molecule has 2 aromatic carbocycles. The van der Waals surface area contributed by atoms with Crippen LogP contribution < -0.4 is 0 Å². The third-order valence-electron chi connectivity index (χ3n) is 4.09. The van der Waals surface area contributed by atoms with Crippen molar-refractivity contribution < 1.29 is 19.2 Å². The van der Waals surface area contributed by atoms with Gasteiger partial charge < -0.3 is 14.4 Å². The van der Waals surface area contributed by atoms with Crippen LogP contribution in [0.15, 0.2) is 53.1 Å². The van der Waals surface area contributed by atoms with Gasteiger partial charge in [-0.05, 0) is 44.2 Å².